The molecule has 1 saturated heterocycles. The fraction of sp³-hybridized carbons (Fsp3) is 0.923. The summed E-state index contributed by atoms with van der Waals surface area (Å²) >= 11 is 0. The van der Waals surface area contributed by atoms with Crippen LogP contribution in [0.5, 0.6) is 0 Å². The normalized spacial score (nSPS) is 28.6. The van der Waals surface area contributed by atoms with Gasteiger partial charge in [-0.25, -0.2) is 0 Å². The highest BCUT2D eigenvalue weighted by Gasteiger charge is 2.32. The smallest absolute Gasteiger partial charge is 0.238 e. The fourth-order valence-corrected chi connectivity index (χ4v) is 3.16. The molecular weight excluding hydrogens is 214 g/mol. The van der Waals surface area contributed by atoms with E-state index >= 15 is 0 Å². The predicted molar refractivity (Wildman–Crippen MR) is 68.9 cm³/mol. The molecule has 0 spiro atoms. The molecule has 0 aromatic carbocycles. The Bertz CT molecular complexity index is 249. The number of carbonyl (C=O) groups is 1. The van der Waals surface area contributed by atoms with Gasteiger partial charge in [-0.15, -0.1) is 0 Å². The lowest BCUT2D eigenvalue weighted by molar-refractivity contribution is -0.127. The number of nitrogens with one attached hydrogen (secondary N) is 2. The summed E-state index contributed by atoms with van der Waals surface area (Å²) < 4.78 is 0. The van der Waals surface area contributed by atoms with Crippen LogP contribution in [0.1, 0.15) is 38.5 Å². The summed E-state index contributed by atoms with van der Waals surface area (Å²) in [6.45, 7) is 2.84. The van der Waals surface area contributed by atoms with E-state index in [9.17, 15) is 4.79 Å². The average Bonchev–Trinajstić information content (AvgIpc) is 2.66. The van der Waals surface area contributed by atoms with Gasteiger partial charge in [0.1, 0.15) is 6.04 Å². The molecule has 98 valence electrons. The van der Waals surface area contributed by atoms with Crippen molar-refractivity contribution in [1.82, 2.24) is 15.5 Å². The van der Waals surface area contributed by atoms with Crippen LogP contribution >= 0.6 is 0 Å². The first-order valence-corrected chi connectivity index (χ1v) is 7.01. The summed E-state index contributed by atoms with van der Waals surface area (Å²) in [5.41, 5.74) is 0. The van der Waals surface area contributed by atoms with E-state index in [1.807, 2.05) is 0 Å². The van der Waals surface area contributed by atoms with Gasteiger partial charge in [-0.2, -0.15) is 0 Å². The summed E-state index contributed by atoms with van der Waals surface area (Å²) in [5, 5.41) is 6.13. The zero-order valence-electron chi connectivity index (χ0n) is 10.9. The van der Waals surface area contributed by atoms with E-state index in [0.29, 0.717) is 6.04 Å². The van der Waals surface area contributed by atoms with Crippen LogP contribution in [0.15, 0.2) is 0 Å². The van der Waals surface area contributed by atoms with Gasteiger partial charge in [0.05, 0.1) is 0 Å². The van der Waals surface area contributed by atoms with Gasteiger partial charge in [0.15, 0.2) is 0 Å². The molecule has 2 fully saturated rings. The van der Waals surface area contributed by atoms with Crippen molar-refractivity contribution in [3.8, 4) is 0 Å². The Hall–Kier alpha value is -0.610. The molecule has 2 rings (SSSR count). The molecule has 2 N–H and O–H groups in total. The van der Waals surface area contributed by atoms with Crippen LogP contribution in [-0.2, 0) is 4.79 Å². The molecule has 0 aromatic heterocycles. The summed E-state index contributed by atoms with van der Waals surface area (Å²) in [5.74, 6) is 0.168. The molecule has 1 atom stereocenters. The van der Waals surface area contributed by atoms with Crippen LogP contribution in [0, 0.1) is 0 Å². The first kappa shape index (κ1) is 12.8. The number of hydrogen-bond donors (Lipinski definition) is 2. The molecule has 1 heterocycles. The lowest BCUT2D eigenvalue weighted by Crippen LogP contribution is -2.60. The first-order valence-electron chi connectivity index (χ1n) is 7.01. The molecule has 2 aliphatic rings. The Kier molecular flexibility index (Phi) is 4.80. The number of rotatable bonds is 2. The molecule has 1 saturated carbocycles. The van der Waals surface area contributed by atoms with Crippen LogP contribution in [0.3, 0.4) is 0 Å². The van der Waals surface area contributed by atoms with Crippen molar-refractivity contribution < 1.29 is 4.79 Å². The average molecular weight is 239 g/mol. The maximum absolute atomic E-state index is 11.9. The second kappa shape index (κ2) is 6.36. The van der Waals surface area contributed by atoms with Crippen molar-refractivity contribution >= 4 is 5.91 Å². The molecule has 4 heteroatoms. The van der Waals surface area contributed by atoms with Gasteiger partial charge in [-0.1, -0.05) is 25.7 Å². The number of amides is 1. The molecular formula is C13H25N3O. The molecule has 4 nitrogen and oxygen atoms in total. The maximum atomic E-state index is 11.9. The van der Waals surface area contributed by atoms with E-state index in [1.54, 1.807) is 7.05 Å². The summed E-state index contributed by atoms with van der Waals surface area (Å²) in [4.78, 5) is 14.4. The van der Waals surface area contributed by atoms with Crippen LogP contribution in [0.25, 0.3) is 0 Å². The van der Waals surface area contributed by atoms with E-state index in [4.69, 9.17) is 0 Å². The topological polar surface area (TPSA) is 44.4 Å². The monoisotopic (exact) mass is 239 g/mol. The first-order chi connectivity index (χ1) is 8.33. The SMILES string of the molecule is CNC(=O)C1CNCCN1C1CCCCCC1. The minimum absolute atomic E-state index is 0.0387. The van der Waals surface area contributed by atoms with E-state index in [2.05, 4.69) is 15.5 Å². The van der Waals surface area contributed by atoms with Gasteiger partial charge in [-0.3, -0.25) is 9.69 Å². The number of piperazine rings is 1. The van der Waals surface area contributed by atoms with Crippen LogP contribution < -0.4 is 10.6 Å². The second-order valence-corrected chi connectivity index (χ2v) is 5.22. The summed E-state index contributed by atoms with van der Waals surface area (Å²) in [6, 6.07) is 0.666. The fourth-order valence-electron chi connectivity index (χ4n) is 3.16. The van der Waals surface area contributed by atoms with Crippen molar-refractivity contribution in [2.45, 2.75) is 50.6 Å². The molecule has 0 bridgehead atoms. The van der Waals surface area contributed by atoms with Gasteiger partial charge in [0.25, 0.3) is 0 Å². The third kappa shape index (κ3) is 3.19. The minimum atomic E-state index is 0.0387. The van der Waals surface area contributed by atoms with Crippen LogP contribution in [0.4, 0.5) is 0 Å². The lowest BCUT2D eigenvalue weighted by atomic mass is 10.0. The summed E-state index contributed by atoms with van der Waals surface area (Å²) in [6.07, 6.45) is 7.94. The van der Waals surface area contributed by atoms with Crippen molar-refractivity contribution in [2.24, 2.45) is 0 Å². The van der Waals surface area contributed by atoms with E-state index in [1.165, 1.54) is 38.5 Å². The molecule has 1 amide bonds. The van der Waals surface area contributed by atoms with Gasteiger partial charge < -0.3 is 10.6 Å². The van der Waals surface area contributed by atoms with Crippen LogP contribution in [-0.4, -0.2) is 49.6 Å². The van der Waals surface area contributed by atoms with Gasteiger partial charge in [0.2, 0.25) is 5.91 Å². The highest BCUT2D eigenvalue weighted by atomic mass is 16.2. The van der Waals surface area contributed by atoms with Crippen molar-refractivity contribution in [3.63, 3.8) is 0 Å². The third-order valence-corrected chi connectivity index (χ3v) is 4.13. The second-order valence-electron chi connectivity index (χ2n) is 5.22. The number of nitrogens with zero attached hydrogens (tertiary/aromatic N) is 1. The molecule has 17 heavy (non-hydrogen) atoms. The van der Waals surface area contributed by atoms with Crippen molar-refractivity contribution in [2.75, 3.05) is 26.7 Å². The van der Waals surface area contributed by atoms with E-state index in [-0.39, 0.29) is 11.9 Å². The van der Waals surface area contributed by atoms with Gasteiger partial charge >= 0.3 is 0 Å². The Balaban J connectivity index is 2.01. The maximum Gasteiger partial charge on any atom is 0.238 e. The number of likely N-dealkylation sites (N-methyl/N-ethyl adjacent to an activating group) is 1. The zero-order valence-corrected chi connectivity index (χ0v) is 10.9. The lowest BCUT2D eigenvalue weighted by Gasteiger charge is -2.40. The molecule has 1 aliphatic heterocycles. The molecule has 1 aliphatic carbocycles. The molecule has 1 unspecified atom stereocenters. The molecule has 0 aromatic rings. The Morgan fingerprint density at radius 2 is 1.94 bits per heavy atom. The standard InChI is InChI=1S/C13H25N3O/c1-14-13(17)12-10-15-8-9-16(12)11-6-4-2-3-5-7-11/h11-12,15H,2-10H2,1H3,(H,14,17). The Morgan fingerprint density at radius 1 is 1.24 bits per heavy atom. The molecule has 0 radical (unpaired) electrons. The highest BCUT2D eigenvalue weighted by molar-refractivity contribution is 5.81. The minimum Gasteiger partial charge on any atom is -0.358 e. The zero-order chi connectivity index (χ0) is 12.1. The van der Waals surface area contributed by atoms with Gasteiger partial charge in [-0.05, 0) is 12.8 Å². The van der Waals surface area contributed by atoms with Crippen LogP contribution in [0.2, 0.25) is 0 Å². The van der Waals surface area contributed by atoms with Crippen molar-refractivity contribution in [1.29, 1.82) is 0 Å². The Labute approximate surface area is 104 Å². The number of hydrogen-bond acceptors (Lipinski definition) is 3. The summed E-state index contributed by atoms with van der Waals surface area (Å²) in [7, 11) is 1.74. The number of carbonyl (C=O) groups excluding carboxylic acids is 1. The quantitative estimate of drug-likeness (QED) is 0.698. The van der Waals surface area contributed by atoms with Crippen molar-refractivity contribution in [3.05, 3.63) is 0 Å². The van der Waals surface area contributed by atoms with Gasteiger partial charge in [0, 0.05) is 32.7 Å². The third-order valence-electron chi connectivity index (χ3n) is 4.13. The van der Waals surface area contributed by atoms with E-state index in [0.717, 1.165) is 19.6 Å². The van der Waals surface area contributed by atoms with E-state index < -0.39 is 0 Å². The largest absolute Gasteiger partial charge is 0.358 e. The Morgan fingerprint density at radius 3 is 2.59 bits per heavy atom. The predicted octanol–water partition coefficient (Wildman–Crippen LogP) is 0.729. The highest BCUT2D eigenvalue weighted by Crippen LogP contribution is 2.24.